The first-order chi connectivity index (χ1) is 12.7. The van der Waals surface area contributed by atoms with Crippen LogP contribution in [0.5, 0.6) is 0 Å². The van der Waals surface area contributed by atoms with Gasteiger partial charge in [-0.15, -0.1) is 0 Å². The highest BCUT2D eigenvalue weighted by molar-refractivity contribution is 5.79. The Bertz CT molecular complexity index is 506. The molecule has 0 unspecified atom stereocenters. The molecule has 1 fully saturated rings. The first kappa shape index (κ1) is 23.2. The number of hydrogen-bond acceptors (Lipinski definition) is 6. The number of ether oxygens (including phenoxy) is 3. The van der Waals surface area contributed by atoms with Gasteiger partial charge in [0.2, 0.25) is 11.8 Å². The third-order valence-electron chi connectivity index (χ3n) is 3.86. The van der Waals surface area contributed by atoms with Crippen LogP contribution in [-0.4, -0.2) is 92.0 Å². The molecule has 0 radical (unpaired) electrons. The molecule has 0 spiro atoms. The van der Waals surface area contributed by atoms with Gasteiger partial charge in [0.25, 0.3) is 0 Å². The zero-order chi connectivity index (χ0) is 20.4. The molecule has 156 valence electrons. The van der Waals surface area contributed by atoms with Gasteiger partial charge in [0.15, 0.2) is 0 Å². The summed E-state index contributed by atoms with van der Waals surface area (Å²) < 4.78 is 15.7. The highest BCUT2D eigenvalue weighted by atomic mass is 16.6. The summed E-state index contributed by atoms with van der Waals surface area (Å²) in [6.07, 6.45) is -0.426. The molecule has 27 heavy (non-hydrogen) atoms. The van der Waals surface area contributed by atoms with Gasteiger partial charge in [-0.25, -0.2) is 4.79 Å². The average Bonchev–Trinajstić information content (AvgIpc) is 2.60. The van der Waals surface area contributed by atoms with E-state index in [-0.39, 0.29) is 44.2 Å². The Morgan fingerprint density at radius 2 is 1.67 bits per heavy atom. The van der Waals surface area contributed by atoms with Crippen molar-refractivity contribution in [3.8, 4) is 0 Å². The molecule has 0 aromatic carbocycles. The van der Waals surface area contributed by atoms with E-state index in [4.69, 9.17) is 14.2 Å². The minimum absolute atomic E-state index is 0.0215. The molecule has 9 heteroatoms. The molecule has 1 saturated heterocycles. The largest absolute Gasteiger partial charge is 0.444 e. The van der Waals surface area contributed by atoms with Crippen molar-refractivity contribution in [1.82, 2.24) is 15.1 Å². The van der Waals surface area contributed by atoms with Gasteiger partial charge < -0.3 is 29.3 Å². The normalized spacial score (nSPS) is 17.6. The fourth-order valence-electron chi connectivity index (χ4n) is 2.60. The predicted molar refractivity (Wildman–Crippen MR) is 99.3 cm³/mol. The Labute approximate surface area is 161 Å². The fourth-order valence-corrected chi connectivity index (χ4v) is 2.60. The quantitative estimate of drug-likeness (QED) is 0.656. The first-order valence-electron chi connectivity index (χ1n) is 9.37. The second-order valence-corrected chi connectivity index (χ2v) is 7.25. The summed E-state index contributed by atoms with van der Waals surface area (Å²) in [6.45, 7) is 11.1. The summed E-state index contributed by atoms with van der Waals surface area (Å²) in [6, 6.07) is -0.357. The third-order valence-corrected chi connectivity index (χ3v) is 3.86. The van der Waals surface area contributed by atoms with Crippen LogP contribution in [0.4, 0.5) is 4.79 Å². The number of nitrogens with zero attached hydrogens (tertiary/aromatic N) is 2. The maximum atomic E-state index is 12.4. The van der Waals surface area contributed by atoms with Crippen LogP contribution in [0.25, 0.3) is 0 Å². The summed E-state index contributed by atoms with van der Waals surface area (Å²) in [5, 5.41) is 2.76. The van der Waals surface area contributed by atoms with E-state index in [0.29, 0.717) is 26.3 Å². The number of hydrogen-bond donors (Lipinski definition) is 1. The van der Waals surface area contributed by atoms with E-state index in [9.17, 15) is 14.4 Å². The van der Waals surface area contributed by atoms with Crippen LogP contribution < -0.4 is 5.32 Å². The van der Waals surface area contributed by atoms with Gasteiger partial charge in [0.1, 0.15) is 18.8 Å². The van der Waals surface area contributed by atoms with E-state index in [0.717, 1.165) is 0 Å². The lowest BCUT2D eigenvalue weighted by atomic mass is 10.1. The van der Waals surface area contributed by atoms with Crippen LogP contribution in [0, 0.1) is 0 Å². The molecule has 0 aromatic heterocycles. The highest BCUT2D eigenvalue weighted by Crippen LogP contribution is 2.15. The lowest BCUT2D eigenvalue weighted by Gasteiger charge is -2.41. The standard InChI is InChI=1S/C18H33N3O6/c1-6-25-12-15(22)19-10-14-11-20(17(24)27-18(3,4)5)8-9-21(14)16(23)13-26-7-2/h14H,6-13H2,1-5H3,(H,19,22)/t14-/m1/s1. The van der Waals surface area contributed by atoms with Crippen molar-refractivity contribution in [2.24, 2.45) is 0 Å². The van der Waals surface area contributed by atoms with Gasteiger partial charge in [0, 0.05) is 39.4 Å². The molecule has 0 bridgehead atoms. The summed E-state index contributed by atoms with van der Waals surface area (Å²) >= 11 is 0. The number of nitrogens with one attached hydrogen (secondary N) is 1. The molecule has 1 heterocycles. The molecular formula is C18H33N3O6. The third kappa shape index (κ3) is 8.57. The Kier molecular flexibility index (Phi) is 9.51. The van der Waals surface area contributed by atoms with Gasteiger partial charge in [-0.1, -0.05) is 0 Å². The van der Waals surface area contributed by atoms with E-state index in [1.165, 1.54) is 0 Å². The first-order valence-corrected chi connectivity index (χ1v) is 9.37. The molecule has 1 rings (SSSR count). The van der Waals surface area contributed by atoms with Crippen LogP contribution >= 0.6 is 0 Å². The zero-order valence-electron chi connectivity index (χ0n) is 17.1. The predicted octanol–water partition coefficient (Wildman–Crippen LogP) is 0.624. The van der Waals surface area contributed by atoms with Gasteiger partial charge in [-0.2, -0.15) is 0 Å². The number of carbonyl (C=O) groups excluding carboxylic acids is 3. The van der Waals surface area contributed by atoms with E-state index < -0.39 is 11.7 Å². The Hall–Kier alpha value is -1.87. The van der Waals surface area contributed by atoms with Crippen molar-refractivity contribution < 1.29 is 28.6 Å². The van der Waals surface area contributed by atoms with E-state index >= 15 is 0 Å². The maximum absolute atomic E-state index is 12.4. The van der Waals surface area contributed by atoms with Crippen molar-refractivity contribution in [3.63, 3.8) is 0 Å². The van der Waals surface area contributed by atoms with Crippen LogP contribution in [0.2, 0.25) is 0 Å². The van der Waals surface area contributed by atoms with E-state index in [1.807, 2.05) is 6.92 Å². The summed E-state index contributed by atoms with van der Waals surface area (Å²) in [7, 11) is 0. The molecule has 3 amide bonds. The molecule has 0 saturated carbocycles. The lowest BCUT2D eigenvalue weighted by Crippen LogP contribution is -2.60. The van der Waals surface area contributed by atoms with Crippen molar-refractivity contribution >= 4 is 17.9 Å². The summed E-state index contributed by atoms with van der Waals surface area (Å²) in [5.41, 5.74) is -0.597. The molecule has 1 aliphatic heterocycles. The topological polar surface area (TPSA) is 97.4 Å². The smallest absolute Gasteiger partial charge is 0.410 e. The minimum atomic E-state index is -0.597. The zero-order valence-corrected chi connectivity index (χ0v) is 17.1. The molecule has 1 aliphatic rings. The van der Waals surface area contributed by atoms with Crippen LogP contribution in [0.3, 0.4) is 0 Å². The second-order valence-electron chi connectivity index (χ2n) is 7.25. The maximum Gasteiger partial charge on any atom is 0.410 e. The van der Waals surface area contributed by atoms with E-state index in [1.54, 1.807) is 37.5 Å². The molecule has 1 atom stereocenters. The lowest BCUT2D eigenvalue weighted by molar-refractivity contribution is -0.141. The number of carbonyl (C=O) groups is 3. The monoisotopic (exact) mass is 387 g/mol. The van der Waals surface area contributed by atoms with E-state index in [2.05, 4.69) is 5.32 Å². The van der Waals surface area contributed by atoms with Crippen LogP contribution in [0.15, 0.2) is 0 Å². The molecule has 1 N–H and O–H groups in total. The number of rotatable bonds is 8. The van der Waals surface area contributed by atoms with Gasteiger partial charge in [-0.3, -0.25) is 9.59 Å². The van der Waals surface area contributed by atoms with Gasteiger partial charge in [-0.05, 0) is 34.6 Å². The van der Waals surface area contributed by atoms with Crippen LogP contribution in [-0.2, 0) is 23.8 Å². The molecule has 0 aliphatic carbocycles. The summed E-state index contributed by atoms with van der Waals surface area (Å²) in [4.78, 5) is 39.8. The molecule has 9 nitrogen and oxygen atoms in total. The van der Waals surface area contributed by atoms with Gasteiger partial charge in [0.05, 0.1) is 6.04 Å². The fraction of sp³-hybridized carbons (Fsp3) is 0.833. The van der Waals surface area contributed by atoms with Crippen molar-refractivity contribution in [3.05, 3.63) is 0 Å². The Balaban J connectivity index is 2.73. The average molecular weight is 387 g/mol. The summed E-state index contributed by atoms with van der Waals surface area (Å²) in [5.74, 6) is -0.423. The van der Waals surface area contributed by atoms with Crippen molar-refractivity contribution in [2.45, 2.75) is 46.3 Å². The highest BCUT2D eigenvalue weighted by Gasteiger charge is 2.34. The molecular weight excluding hydrogens is 354 g/mol. The Morgan fingerprint density at radius 3 is 2.26 bits per heavy atom. The Morgan fingerprint density at radius 1 is 1.04 bits per heavy atom. The second kappa shape index (κ2) is 11.1. The number of piperazine rings is 1. The van der Waals surface area contributed by atoms with Gasteiger partial charge >= 0.3 is 6.09 Å². The minimum Gasteiger partial charge on any atom is -0.444 e. The van der Waals surface area contributed by atoms with Crippen molar-refractivity contribution in [2.75, 3.05) is 52.6 Å². The van der Waals surface area contributed by atoms with Crippen molar-refractivity contribution in [1.29, 1.82) is 0 Å². The SMILES string of the molecule is CCOCC(=O)NC[C@@H]1CN(C(=O)OC(C)(C)C)CCN1C(=O)COCC. The van der Waals surface area contributed by atoms with Crippen LogP contribution in [0.1, 0.15) is 34.6 Å². The molecule has 0 aromatic rings. The number of amides is 3.